The van der Waals surface area contributed by atoms with E-state index in [1.165, 1.54) is 11.1 Å². The van der Waals surface area contributed by atoms with Crippen molar-refractivity contribution < 1.29 is 9.53 Å². The van der Waals surface area contributed by atoms with Crippen molar-refractivity contribution >= 4 is 27.5 Å². The molecule has 1 N–H and O–H groups in total. The number of amides is 1. The highest BCUT2D eigenvalue weighted by Crippen LogP contribution is 2.50. The van der Waals surface area contributed by atoms with Crippen molar-refractivity contribution in [3.8, 4) is 0 Å². The van der Waals surface area contributed by atoms with Gasteiger partial charge in [0.1, 0.15) is 0 Å². The normalized spacial score (nSPS) is 25.8. The second-order valence-corrected chi connectivity index (χ2v) is 8.62. The van der Waals surface area contributed by atoms with Gasteiger partial charge in [-0.25, -0.2) is 0 Å². The van der Waals surface area contributed by atoms with Gasteiger partial charge < -0.3 is 15.0 Å². The SMILES string of the molecule is O=C(c1cccc2c1N[C@H](c1ccc(Br)cc1)[C@H]1CC=C[C@@H]21)N1CCOCC1. The summed E-state index contributed by atoms with van der Waals surface area (Å²) in [5, 5.41) is 3.76. The summed E-state index contributed by atoms with van der Waals surface area (Å²) in [5.74, 6) is 0.924. The average Bonchev–Trinajstić information content (AvgIpc) is 3.24. The molecule has 3 atom stereocenters. The number of nitrogens with one attached hydrogen (secondary N) is 1. The lowest BCUT2D eigenvalue weighted by atomic mass is 9.76. The van der Waals surface area contributed by atoms with E-state index in [2.05, 4.69) is 63.7 Å². The molecule has 1 saturated heterocycles. The van der Waals surface area contributed by atoms with Crippen LogP contribution in [0.3, 0.4) is 0 Å². The molecule has 1 aliphatic carbocycles. The van der Waals surface area contributed by atoms with E-state index < -0.39 is 0 Å². The maximum atomic E-state index is 13.3. The Balaban J connectivity index is 1.55. The van der Waals surface area contributed by atoms with Crippen LogP contribution in [-0.4, -0.2) is 37.1 Å². The summed E-state index contributed by atoms with van der Waals surface area (Å²) in [5.41, 5.74) is 4.28. The van der Waals surface area contributed by atoms with Crippen molar-refractivity contribution in [2.24, 2.45) is 5.92 Å². The van der Waals surface area contributed by atoms with Gasteiger partial charge in [-0.3, -0.25) is 4.79 Å². The summed E-state index contributed by atoms with van der Waals surface area (Å²) < 4.78 is 6.50. The van der Waals surface area contributed by atoms with Crippen LogP contribution in [-0.2, 0) is 4.74 Å². The minimum Gasteiger partial charge on any atom is -0.378 e. The third-order valence-corrected chi connectivity index (χ3v) is 6.68. The number of nitrogens with zero attached hydrogens (tertiary/aromatic N) is 1. The third-order valence-electron chi connectivity index (χ3n) is 6.15. The molecule has 1 amide bonds. The van der Waals surface area contributed by atoms with E-state index in [1.54, 1.807) is 0 Å². The molecule has 0 spiro atoms. The van der Waals surface area contributed by atoms with Crippen molar-refractivity contribution in [2.45, 2.75) is 18.4 Å². The van der Waals surface area contributed by atoms with Gasteiger partial charge in [-0.05, 0) is 41.7 Å². The molecule has 2 aliphatic heterocycles. The van der Waals surface area contributed by atoms with E-state index in [9.17, 15) is 4.79 Å². The number of benzene rings is 2. The van der Waals surface area contributed by atoms with Crippen LogP contribution in [0, 0.1) is 5.92 Å². The number of allylic oxidation sites excluding steroid dienone is 2. The molecule has 4 nitrogen and oxygen atoms in total. The molecule has 5 heteroatoms. The van der Waals surface area contributed by atoms with Gasteiger partial charge in [-0.2, -0.15) is 0 Å². The summed E-state index contributed by atoms with van der Waals surface area (Å²) in [6, 6.07) is 14.9. The smallest absolute Gasteiger partial charge is 0.256 e. The van der Waals surface area contributed by atoms with E-state index in [1.807, 2.05) is 17.0 Å². The molecule has 0 aromatic heterocycles. The first-order chi connectivity index (χ1) is 13.7. The Morgan fingerprint density at radius 2 is 1.89 bits per heavy atom. The molecule has 28 heavy (non-hydrogen) atoms. The van der Waals surface area contributed by atoms with Crippen LogP contribution >= 0.6 is 15.9 Å². The minimum atomic E-state index is 0.0997. The lowest BCUT2D eigenvalue weighted by Crippen LogP contribution is -2.41. The molecule has 0 unspecified atom stereocenters. The van der Waals surface area contributed by atoms with Crippen molar-refractivity contribution in [2.75, 3.05) is 31.6 Å². The average molecular weight is 439 g/mol. The number of hydrogen-bond acceptors (Lipinski definition) is 3. The zero-order chi connectivity index (χ0) is 19.1. The van der Waals surface area contributed by atoms with Crippen LogP contribution in [0.15, 0.2) is 59.1 Å². The first kappa shape index (κ1) is 18.0. The number of carbonyl (C=O) groups excluding carboxylic acids is 1. The van der Waals surface area contributed by atoms with Gasteiger partial charge in [-0.15, -0.1) is 0 Å². The minimum absolute atomic E-state index is 0.0997. The number of carbonyl (C=O) groups is 1. The first-order valence-electron chi connectivity index (χ1n) is 9.91. The lowest BCUT2D eigenvalue weighted by Gasteiger charge is -2.39. The number of anilines is 1. The monoisotopic (exact) mass is 438 g/mol. The standard InChI is InChI=1S/C23H23BrN2O2/c24-16-9-7-15(8-10-16)21-18-4-1-3-17(18)19-5-2-6-20(22(19)25-21)23(27)26-11-13-28-14-12-26/h1-3,5-10,17-18,21,25H,4,11-14H2/t17-,18+,21-/m1/s1. The van der Waals surface area contributed by atoms with Gasteiger partial charge >= 0.3 is 0 Å². The summed E-state index contributed by atoms with van der Waals surface area (Å²) in [6.07, 6.45) is 5.66. The molecular formula is C23H23BrN2O2. The number of rotatable bonds is 2. The zero-order valence-electron chi connectivity index (χ0n) is 15.6. The van der Waals surface area contributed by atoms with E-state index in [0.717, 1.165) is 22.1 Å². The summed E-state index contributed by atoms with van der Waals surface area (Å²) in [6.45, 7) is 2.54. The maximum absolute atomic E-state index is 13.3. The molecule has 2 aromatic rings. The van der Waals surface area contributed by atoms with Gasteiger partial charge in [0.05, 0.1) is 30.5 Å². The Bertz CT molecular complexity index is 919. The molecule has 0 bridgehead atoms. The Labute approximate surface area is 173 Å². The van der Waals surface area contributed by atoms with E-state index >= 15 is 0 Å². The fourth-order valence-electron chi connectivity index (χ4n) is 4.74. The summed E-state index contributed by atoms with van der Waals surface area (Å²) >= 11 is 3.53. The molecule has 1 fully saturated rings. The lowest BCUT2D eigenvalue weighted by molar-refractivity contribution is 0.0303. The summed E-state index contributed by atoms with van der Waals surface area (Å²) in [4.78, 5) is 15.2. The van der Waals surface area contributed by atoms with Gasteiger partial charge in [-0.1, -0.05) is 52.3 Å². The highest BCUT2D eigenvalue weighted by Gasteiger charge is 2.39. The number of fused-ring (bicyclic) bond motifs is 3. The van der Waals surface area contributed by atoms with E-state index in [-0.39, 0.29) is 11.9 Å². The van der Waals surface area contributed by atoms with Crippen LogP contribution in [0.2, 0.25) is 0 Å². The van der Waals surface area contributed by atoms with E-state index in [4.69, 9.17) is 4.74 Å². The zero-order valence-corrected chi connectivity index (χ0v) is 17.2. The molecule has 5 rings (SSSR count). The molecular weight excluding hydrogens is 416 g/mol. The largest absolute Gasteiger partial charge is 0.378 e. The highest BCUT2D eigenvalue weighted by atomic mass is 79.9. The molecule has 144 valence electrons. The molecule has 2 aromatic carbocycles. The maximum Gasteiger partial charge on any atom is 0.256 e. The highest BCUT2D eigenvalue weighted by molar-refractivity contribution is 9.10. The fourth-order valence-corrected chi connectivity index (χ4v) is 5.00. The van der Waals surface area contributed by atoms with Crippen molar-refractivity contribution in [1.29, 1.82) is 0 Å². The predicted octanol–water partition coefficient (Wildman–Crippen LogP) is 4.75. The predicted molar refractivity (Wildman–Crippen MR) is 114 cm³/mol. The van der Waals surface area contributed by atoms with Crippen molar-refractivity contribution in [3.63, 3.8) is 0 Å². The van der Waals surface area contributed by atoms with Crippen LogP contribution in [0.5, 0.6) is 0 Å². The third kappa shape index (κ3) is 3.07. The second kappa shape index (κ2) is 7.37. The number of ether oxygens (including phenoxy) is 1. The van der Waals surface area contributed by atoms with E-state index in [0.29, 0.717) is 38.1 Å². The number of morpholine rings is 1. The van der Waals surface area contributed by atoms with Crippen molar-refractivity contribution in [1.82, 2.24) is 4.90 Å². The Morgan fingerprint density at radius 1 is 1.11 bits per heavy atom. The molecule has 3 aliphatic rings. The first-order valence-corrected chi connectivity index (χ1v) is 10.7. The van der Waals surface area contributed by atoms with Gasteiger partial charge in [0.2, 0.25) is 0 Å². The quantitative estimate of drug-likeness (QED) is 0.687. The topological polar surface area (TPSA) is 41.6 Å². The number of para-hydroxylation sites is 1. The Hall–Kier alpha value is -2.11. The van der Waals surface area contributed by atoms with Crippen molar-refractivity contribution in [3.05, 3.63) is 75.8 Å². The molecule has 0 radical (unpaired) electrons. The Kier molecular flexibility index (Phi) is 4.73. The van der Waals surface area contributed by atoms with Crippen LogP contribution in [0.1, 0.15) is 39.9 Å². The van der Waals surface area contributed by atoms with Gasteiger partial charge in [0.15, 0.2) is 0 Å². The van der Waals surface area contributed by atoms with Crippen LogP contribution in [0.25, 0.3) is 0 Å². The second-order valence-electron chi connectivity index (χ2n) is 7.70. The Morgan fingerprint density at radius 3 is 2.68 bits per heavy atom. The number of halogens is 1. The molecule has 2 heterocycles. The van der Waals surface area contributed by atoms with Gasteiger partial charge in [0, 0.05) is 23.5 Å². The fraction of sp³-hybridized carbons (Fsp3) is 0.348. The van der Waals surface area contributed by atoms with Crippen LogP contribution < -0.4 is 5.32 Å². The van der Waals surface area contributed by atoms with Crippen LogP contribution in [0.4, 0.5) is 5.69 Å². The summed E-state index contributed by atoms with van der Waals surface area (Å²) in [7, 11) is 0. The van der Waals surface area contributed by atoms with Gasteiger partial charge in [0.25, 0.3) is 5.91 Å². The molecule has 0 saturated carbocycles. The number of hydrogen-bond donors (Lipinski definition) is 1.